The van der Waals surface area contributed by atoms with E-state index in [0.29, 0.717) is 5.02 Å². The van der Waals surface area contributed by atoms with Gasteiger partial charge in [-0.1, -0.05) is 36.9 Å². The summed E-state index contributed by atoms with van der Waals surface area (Å²) in [5.74, 6) is 1.46. The van der Waals surface area contributed by atoms with E-state index in [1.54, 1.807) is 6.07 Å². The maximum atomic E-state index is 9.51. The molecule has 1 aliphatic carbocycles. The summed E-state index contributed by atoms with van der Waals surface area (Å²) in [7, 11) is 0. The molecule has 2 fully saturated rings. The van der Waals surface area contributed by atoms with Crippen LogP contribution < -0.4 is 0 Å². The Morgan fingerprint density at radius 1 is 1.04 bits per heavy atom. The van der Waals surface area contributed by atoms with Crippen LogP contribution >= 0.6 is 23.4 Å². The largest absolute Gasteiger partial charge is 0.506 e. The molecule has 0 radical (unpaired) electrons. The van der Waals surface area contributed by atoms with Gasteiger partial charge in [0.15, 0.2) is 0 Å². The van der Waals surface area contributed by atoms with Crippen molar-refractivity contribution in [3.8, 4) is 5.75 Å². The Morgan fingerprint density at radius 3 is 2.46 bits per heavy atom. The normalized spacial score (nSPS) is 21.2. The summed E-state index contributed by atoms with van der Waals surface area (Å²) >= 11 is 8.20. The summed E-state index contributed by atoms with van der Waals surface area (Å²) in [6.07, 6.45) is 7.21. The maximum Gasteiger partial charge on any atom is 0.134 e. The van der Waals surface area contributed by atoms with Gasteiger partial charge in [-0.3, -0.25) is 9.80 Å². The smallest absolute Gasteiger partial charge is 0.134 e. The maximum absolute atomic E-state index is 9.51. The van der Waals surface area contributed by atoms with Crippen molar-refractivity contribution in [1.29, 1.82) is 0 Å². The van der Waals surface area contributed by atoms with Gasteiger partial charge in [0.2, 0.25) is 0 Å². The molecule has 1 aromatic carbocycles. The summed E-state index contributed by atoms with van der Waals surface area (Å²) in [4.78, 5) is 5.09. The predicted octanol–water partition coefficient (Wildman–Crippen LogP) is 4.23. The molecule has 0 atom stereocenters. The van der Waals surface area contributed by atoms with Crippen LogP contribution in [0.4, 0.5) is 0 Å². The highest BCUT2D eigenvalue weighted by Gasteiger charge is 2.18. The zero-order chi connectivity index (χ0) is 16.8. The second kappa shape index (κ2) is 9.33. The fourth-order valence-electron chi connectivity index (χ4n) is 3.66. The molecule has 24 heavy (non-hydrogen) atoms. The third-order valence-corrected chi connectivity index (χ3v) is 6.86. The van der Waals surface area contributed by atoms with Crippen LogP contribution in [0.15, 0.2) is 18.2 Å². The molecule has 1 aliphatic heterocycles. The number of thioether (sulfide) groups is 1. The van der Waals surface area contributed by atoms with Crippen molar-refractivity contribution in [3.63, 3.8) is 0 Å². The fourth-order valence-corrected chi connectivity index (χ4v) is 5.22. The molecule has 0 bridgehead atoms. The minimum absolute atomic E-state index is 0.167. The lowest BCUT2D eigenvalue weighted by Gasteiger charge is -2.35. The number of phenols is 1. The summed E-state index contributed by atoms with van der Waals surface area (Å²) in [6, 6.07) is 5.54. The van der Waals surface area contributed by atoms with Crippen molar-refractivity contribution in [1.82, 2.24) is 9.80 Å². The number of hydrogen-bond acceptors (Lipinski definition) is 4. The first-order valence-corrected chi connectivity index (χ1v) is 10.7. The highest BCUT2D eigenvalue weighted by molar-refractivity contribution is 7.99. The van der Waals surface area contributed by atoms with Crippen molar-refractivity contribution in [2.24, 2.45) is 0 Å². The molecule has 0 amide bonds. The summed E-state index contributed by atoms with van der Waals surface area (Å²) in [6.45, 7) is 6.72. The second-order valence-corrected chi connectivity index (χ2v) is 8.85. The number of rotatable bonds is 6. The van der Waals surface area contributed by atoms with Gasteiger partial charge in [-0.2, -0.15) is 11.8 Å². The van der Waals surface area contributed by atoms with E-state index in [-0.39, 0.29) is 5.75 Å². The van der Waals surface area contributed by atoms with Crippen LogP contribution in [0.5, 0.6) is 5.75 Å². The number of benzene rings is 1. The Labute approximate surface area is 155 Å². The van der Waals surface area contributed by atoms with Crippen molar-refractivity contribution < 1.29 is 5.11 Å². The van der Waals surface area contributed by atoms with Crippen LogP contribution in [0.2, 0.25) is 5.02 Å². The minimum atomic E-state index is 0.167. The average Bonchev–Trinajstić information content (AvgIpc) is 2.61. The number of aromatic hydroxyl groups is 1. The summed E-state index contributed by atoms with van der Waals surface area (Å²) in [5.41, 5.74) is 1.18. The third-order valence-electron chi connectivity index (χ3n) is 5.20. The highest BCUT2D eigenvalue weighted by Crippen LogP contribution is 2.28. The monoisotopic (exact) mass is 368 g/mol. The van der Waals surface area contributed by atoms with Gasteiger partial charge in [0.1, 0.15) is 5.75 Å². The standard InChI is InChI=1S/C19H29ClN2OS/c20-18-14-16(6-7-19(18)23)15-22-10-8-21(9-11-22)12-13-24-17-4-2-1-3-5-17/h6-7,14,17,23H,1-5,8-13,15H2. The molecule has 3 rings (SSSR count). The van der Waals surface area contributed by atoms with Crippen molar-refractivity contribution in [2.75, 3.05) is 38.5 Å². The highest BCUT2D eigenvalue weighted by atomic mass is 35.5. The molecule has 1 saturated heterocycles. The van der Waals surface area contributed by atoms with Crippen LogP contribution in [0, 0.1) is 0 Å². The Hall–Kier alpha value is -0.420. The molecule has 2 aliphatic rings. The van der Waals surface area contributed by atoms with E-state index in [1.807, 2.05) is 12.1 Å². The number of hydrogen-bond donors (Lipinski definition) is 1. The van der Waals surface area contributed by atoms with Gasteiger partial charge in [-0.25, -0.2) is 0 Å². The van der Waals surface area contributed by atoms with Gasteiger partial charge >= 0.3 is 0 Å². The molecule has 1 aromatic rings. The van der Waals surface area contributed by atoms with E-state index in [0.717, 1.165) is 38.0 Å². The first-order valence-electron chi connectivity index (χ1n) is 9.24. The Bertz CT molecular complexity index is 514. The number of halogens is 1. The van der Waals surface area contributed by atoms with E-state index in [4.69, 9.17) is 11.6 Å². The van der Waals surface area contributed by atoms with Gasteiger partial charge in [0.25, 0.3) is 0 Å². The molecule has 1 saturated carbocycles. The predicted molar refractivity (Wildman–Crippen MR) is 104 cm³/mol. The van der Waals surface area contributed by atoms with Gasteiger partial charge in [0.05, 0.1) is 5.02 Å². The first-order chi connectivity index (χ1) is 11.7. The summed E-state index contributed by atoms with van der Waals surface area (Å²) in [5, 5.41) is 10.9. The first kappa shape index (κ1) is 18.4. The van der Waals surface area contributed by atoms with Crippen LogP contribution in [0.1, 0.15) is 37.7 Å². The van der Waals surface area contributed by atoms with Gasteiger partial charge in [0, 0.05) is 50.3 Å². The molecule has 3 nitrogen and oxygen atoms in total. The number of piperazine rings is 1. The second-order valence-electron chi connectivity index (χ2n) is 7.03. The molecule has 1 heterocycles. The lowest BCUT2D eigenvalue weighted by atomic mass is 10.0. The van der Waals surface area contributed by atoms with E-state index in [2.05, 4.69) is 21.6 Å². The van der Waals surface area contributed by atoms with E-state index in [1.165, 1.54) is 50.0 Å². The van der Waals surface area contributed by atoms with Crippen LogP contribution in [-0.2, 0) is 6.54 Å². The molecule has 0 unspecified atom stereocenters. The molecule has 134 valence electrons. The Kier molecular flexibility index (Phi) is 7.14. The van der Waals surface area contributed by atoms with E-state index < -0.39 is 0 Å². The number of phenolic OH excluding ortho intramolecular Hbond substituents is 1. The zero-order valence-corrected chi connectivity index (χ0v) is 16.0. The topological polar surface area (TPSA) is 26.7 Å². The molecular formula is C19H29ClN2OS. The van der Waals surface area contributed by atoms with E-state index >= 15 is 0 Å². The van der Waals surface area contributed by atoms with Crippen molar-refractivity contribution in [3.05, 3.63) is 28.8 Å². The minimum Gasteiger partial charge on any atom is -0.506 e. The molecule has 0 aromatic heterocycles. The Morgan fingerprint density at radius 2 is 1.75 bits per heavy atom. The third kappa shape index (κ3) is 5.55. The zero-order valence-electron chi connectivity index (χ0n) is 14.4. The summed E-state index contributed by atoms with van der Waals surface area (Å²) < 4.78 is 0. The average molecular weight is 369 g/mol. The van der Waals surface area contributed by atoms with Gasteiger partial charge in [-0.05, 0) is 30.5 Å². The molecule has 5 heteroatoms. The van der Waals surface area contributed by atoms with Gasteiger partial charge < -0.3 is 5.11 Å². The lowest BCUT2D eigenvalue weighted by Crippen LogP contribution is -2.46. The SMILES string of the molecule is Oc1ccc(CN2CCN(CCSC3CCCCC3)CC2)cc1Cl. The number of nitrogens with zero attached hydrogens (tertiary/aromatic N) is 2. The van der Waals surface area contributed by atoms with Crippen LogP contribution in [0.3, 0.4) is 0 Å². The van der Waals surface area contributed by atoms with Crippen molar-refractivity contribution in [2.45, 2.75) is 43.9 Å². The van der Waals surface area contributed by atoms with Gasteiger partial charge in [-0.15, -0.1) is 0 Å². The van der Waals surface area contributed by atoms with E-state index in [9.17, 15) is 5.11 Å². The van der Waals surface area contributed by atoms with Crippen LogP contribution in [0.25, 0.3) is 0 Å². The lowest BCUT2D eigenvalue weighted by molar-refractivity contribution is 0.133. The fraction of sp³-hybridized carbons (Fsp3) is 0.684. The quantitative estimate of drug-likeness (QED) is 0.812. The van der Waals surface area contributed by atoms with Crippen LogP contribution in [-0.4, -0.2) is 58.6 Å². The molecule has 0 spiro atoms. The molecular weight excluding hydrogens is 340 g/mol. The van der Waals surface area contributed by atoms with Crippen molar-refractivity contribution >= 4 is 23.4 Å². The Balaban J connectivity index is 1.34. The molecule has 1 N–H and O–H groups in total.